The molecule has 0 bridgehead atoms. The highest BCUT2D eigenvalue weighted by Crippen LogP contribution is 2.42. The van der Waals surface area contributed by atoms with E-state index in [2.05, 4.69) is 4.98 Å². The molecule has 1 amide bonds. The lowest BCUT2D eigenvalue weighted by molar-refractivity contribution is -0.139. The Labute approximate surface area is 223 Å². The molecule has 0 spiro atoms. The summed E-state index contributed by atoms with van der Waals surface area (Å²) in [6.45, 7) is 9.53. The van der Waals surface area contributed by atoms with Crippen molar-refractivity contribution in [2.24, 2.45) is 0 Å². The van der Waals surface area contributed by atoms with E-state index in [9.17, 15) is 14.7 Å². The zero-order valence-electron chi connectivity index (χ0n) is 22.9. The lowest BCUT2D eigenvalue weighted by atomic mass is 9.96. The third-order valence-electron chi connectivity index (χ3n) is 6.74. The number of pyridine rings is 1. The van der Waals surface area contributed by atoms with Crippen LogP contribution in [0.1, 0.15) is 48.8 Å². The van der Waals surface area contributed by atoms with E-state index in [0.29, 0.717) is 54.6 Å². The number of hydrogen-bond donors (Lipinski definition) is 1. The Hall–Kier alpha value is -3.85. The first-order valence-electron chi connectivity index (χ1n) is 13.0. The molecule has 0 radical (unpaired) electrons. The second-order valence-corrected chi connectivity index (χ2v) is 9.65. The highest BCUT2D eigenvalue weighted by atomic mass is 16.5. The summed E-state index contributed by atoms with van der Waals surface area (Å²) >= 11 is 0. The number of nitrogens with zero attached hydrogens (tertiary/aromatic N) is 4. The Balaban J connectivity index is 1.89. The van der Waals surface area contributed by atoms with Gasteiger partial charge in [-0.15, -0.1) is 0 Å². The first-order chi connectivity index (χ1) is 18.2. The number of aromatic nitrogens is 2. The molecule has 1 fully saturated rings. The summed E-state index contributed by atoms with van der Waals surface area (Å²) in [4.78, 5) is 35.0. The van der Waals surface area contributed by atoms with Crippen molar-refractivity contribution in [3.05, 3.63) is 64.6 Å². The molecule has 38 heavy (non-hydrogen) atoms. The number of fused-ring (bicyclic) bond motifs is 1. The number of carbonyl (C=O) groups is 2. The minimum Gasteiger partial charge on any atom is -0.505 e. The van der Waals surface area contributed by atoms with Gasteiger partial charge in [0.15, 0.2) is 17.3 Å². The number of hydrogen-bond acceptors (Lipinski definition) is 7. The van der Waals surface area contributed by atoms with Crippen LogP contribution in [0.3, 0.4) is 0 Å². The first kappa shape index (κ1) is 27.2. The topological polar surface area (TPSA) is 96.6 Å². The number of aryl methyl sites for hydroxylation is 2. The average Bonchev–Trinajstić information content (AvgIpc) is 3.35. The van der Waals surface area contributed by atoms with Gasteiger partial charge in [-0.2, -0.15) is 0 Å². The predicted octanol–water partition coefficient (Wildman–Crippen LogP) is 4.12. The van der Waals surface area contributed by atoms with Gasteiger partial charge in [-0.05, 0) is 84.1 Å². The van der Waals surface area contributed by atoms with Crippen LogP contribution >= 0.6 is 0 Å². The molecule has 1 aliphatic heterocycles. The molecule has 9 heteroatoms. The van der Waals surface area contributed by atoms with E-state index in [1.54, 1.807) is 17.0 Å². The summed E-state index contributed by atoms with van der Waals surface area (Å²) in [5, 5.41) is 11.6. The highest BCUT2D eigenvalue weighted by Gasteiger charge is 2.46. The van der Waals surface area contributed by atoms with Crippen molar-refractivity contribution in [1.82, 2.24) is 19.2 Å². The number of amides is 1. The first-order valence-corrected chi connectivity index (χ1v) is 13.0. The molecule has 3 heterocycles. The molecule has 1 aromatic carbocycles. The van der Waals surface area contributed by atoms with Gasteiger partial charge in [0.2, 0.25) is 0 Å². The molecule has 0 saturated carbocycles. The van der Waals surface area contributed by atoms with Crippen molar-refractivity contribution < 1.29 is 24.2 Å². The summed E-state index contributed by atoms with van der Waals surface area (Å²) in [5.41, 5.74) is 3.26. The average molecular weight is 521 g/mol. The van der Waals surface area contributed by atoms with Crippen LogP contribution < -0.4 is 9.47 Å². The van der Waals surface area contributed by atoms with Gasteiger partial charge in [-0.25, -0.2) is 4.98 Å². The summed E-state index contributed by atoms with van der Waals surface area (Å²) in [5.74, 6) is -0.548. The number of benzene rings is 1. The van der Waals surface area contributed by atoms with Gasteiger partial charge in [0.05, 0.1) is 30.5 Å². The van der Waals surface area contributed by atoms with E-state index in [0.717, 1.165) is 12.1 Å². The van der Waals surface area contributed by atoms with Crippen LogP contribution in [0, 0.1) is 13.8 Å². The third kappa shape index (κ3) is 4.98. The minimum atomic E-state index is -0.794. The summed E-state index contributed by atoms with van der Waals surface area (Å²) in [6.07, 6.45) is 2.53. The molecule has 2 aromatic heterocycles. The molecular formula is C29H36N4O5. The fourth-order valence-electron chi connectivity index (χ4n) is 4.93. The number of carbonyl (C=O) groups excluding carboxylic acids is 2. The van der Waals surface area contributed by atoms with Crippen LogP contribution in [0.25, 0.3) is 11.4 Å². The smallest absolute Gasteiger partial charge is 0.295 e. The SMILES string of the molecule is CCOc1ccc(C2/C(=C(\O)c3nc4c(C)cccn4c3C)C(=O)C(=O)N2CCCN(C)C)cc1OCC. The van der Waals surface area contributed by atoms with Gasteiger partial charge < -0.3 is 28.8 Å². The number of likely N-dealkylation sites (tertiary alicyclic amines) is 1. The molecule has 1 aliphatic rings. The van der Waals surface area contributed by atoms with E-state index in [1.165, 1.54) is 0 Å². The van der Waals surface area contributed by atoms with Crippen molar-refractivity contribution in [3.8, 4) is 11.5 Å². The zero-order valence-corrected chi connectivity index (χ0v) is 22.9. The molecule has 3 aromatic rings. The second kappa shape index (κ2) is 11.3. The normalized spacial score (nSPS) is 17.1. The number of imidazole rings is 1. The van der Waals surface area contributed by atoms with E-state index in [-0.39, 0.29) is 17.0 Å². The molecule has 1 atom stereocenters. The molecule has 1 saturated heterocycles. The number of Topliss-reactive ketones (excluding diaryl/α,β-unsaturated/α-hetero) is 1. The Bertz CT molecular complexity index is 1390. The summed E-state index contributed by atoms with van der Waals surface area (Å²) in [7, 11) is 3.92. The van der Waals surface area contributed by atoms with Crippen molar-refractivity contribution in [3.63, 3.8) is 0 Å². The number of ketones is 1. The monoisotopic (exact) mass is 520 g/mol. The standard InChI is InChI=1S/C29H36N4O5/c1-7-37-21-13-12-20(17-22(21)38-8-2)25-23(27(35)29(36)33(25)16-10-14-31(5)6)26(34)24-19(4)32-15-9-11-18(3)28(32)30-24/h9,11-13,15,17,25,34H,7-8,10,14,16H2,1-6H3/b26-23+. The van der Waals surface area contributed by atoms with Gasteiger partial charge in [-0.1, -0.05) is 12.1 Å². The summed E-state index contributed by atoms with van der Waals surface area (Å²) < 4.78 is 13.4. The molecule has 0 aliphatic carbocycles. The Kier molecular flexibility index (Phi) is 8.06. The van der Waals surface area contributed by atoms with Crippen LogP contribution in [0.2, 0.25) is 0 Å². The Morgan fingerprint density at radius 1 is 1.08 bits per heavy atom. The Morgan fingerprint density at radius 3 is 2.45 bits per heavy atom. The molecule has 1 N–H and O–H groups in total. The molecular weight excluding hydrogens is 484 g/mol. The van der Waals surface area contributed by atoms with Crippen LogP contribution in [-0.2, 0) is 9.59 Å². The number of ether oxygens (including phenoxy) is 2. The van der Waals surface area contributed by atoms with E-state index in [4.69, 9.17) is 9.47 Å². The van der Waals surface area contributed by atoms with E-state index >= 15 is 0 Å². The molecule has 202 valence electrons. The van der Waals surface area contributed by atoms with E-state index in [1.807, 2.05) is 75.5 Å². The highest BCUT2D eigenvalue weighted by molar-refractivity contribution is 6.46. The van der Waals surface area contributed by atoms with E-state index < -0.39 is 17.7 Å². The predicted molar refractivity (Wildman–Crippen MR) is 146 cm³/mol. The van der Waals surface area contributed by atoms with Crippen molar-refractivity contribution in [2.45, 2.75) is 40.2 Å². The minimum absolute atomic E-state index is 0.0237. The zero-order chi connectivity index (χ0) is 27.6. The maximum atomic E-state index is 13.5. The van der Waals surface area contributed by atoms with Gasteiger partial charge >= 0.3 is 0 Å². The molecule has 4 rings (SSSR count). The number of aliphatic hydroxyl groups is 1. The fraction of sp³-hybridized carbons (Fsp3) is 0.414. The van der Waals surface area contributed by atoms with Crippen LogP contribution in [0.15, 0.2) is 42.1 Å². The van der Waals surface area contributed by atoms with Gasteiger partial charge in [0.25, 0.3) is 11.7 Å². The molecule has 1 unspecified atom stereocenters. The lowest BCUT2D eigenvalue weighted by Gasteiger charge is -2.26. The van der Waals surface area contributed by atoms with Gasteiger partial charge in [0, 0.05) is 12.7 Å². The van der Waals surface area contributed by atoms with Crippen molar-refractivity contribution in [1.29, 1.82) is 0 Å². The quantitative estimate of drug-likeness (QED) is 0.244. The second-order valence-electron chi connectivity index (χ2n) is 9.65. The maximum Gasteiger partial charge on any atom is 0.295 e. The lowest BCUT2D eigenvalue weighted by Crippen LogP contribution is -2.32. The van der Waals surface area contributed by atoms with Crippen LogP contribution in [0.5, 0.6) is 11.5 Å². The Morgan fingerprint density at radius 2 is 1.79 bits per heavy atom. The third-order valence-corrected chi connectivity index (χ3v) is 6.74. The number of rotatable bonds is 10. The fourth-order valence-corrected chi connectivity index (χ4v) is 4.93. The molecule has 9 nitrogen and oxygen atoms in total. The summed E-state index contributed by atoms with van der Waals surface area (Å²) in [6, 6.07) is 8.43. The number of aliphatic hydroxyl groups excluding tert-OH is 1. The van der Waals surface area contributed by atoms with Crippen LogP contribution in [0.4, 0.5) is 0 Å². The largest absolute Gasteiger partial charge is 0.505 e. The van der Waals surface area contributed by atoms with Gasteiger partial charge in [-0.3, -0.25) is 9.59 Å². The van der Waals surface area contributed by atoms with Gasteiger partial charge in [0.1, 0.15) is 11.3 Å². The maximum absolute atomic E-state index is 13.5. The van der Waals surface area contributed by atoms with Crippen LogP contribution in [-0.4, -0.2) is 76.4 Å². The van der Waals surface area contributed by atoms with Crippen molar-refractivity contribution >= 4 is 23.1 Å². The van der Waals surface area contributed by atoms with Crippen molar-refractivity contribution in [2.75, 3.05) is 40.4 Å².